The number of nitrogens with one attached hydrogen (secondary N) is 3. The number of nitro groups is 1. The van der Waals surface area contributed by atoms with Crippen molar-refractivity contribution >= 4 is 34.0 Å². The Kier molecular flexibility index (Phi) is 5.65. The first-order valence-corrected chi connectivity index (χ1v) is 10.9. The van der Waals surface area contributed by atoms with Crippen LogP contribution in [-0.2, 0) is 0 Å². The topological polar surface area (TPSA) is 152 Å². The van der Waals surface area contributed by atoms with Gasteiger partial charge in [0.2, 0.25) is 5.75 Å². The molecule has 0 aliphatic carbocycles. The van der Waals surface area contributed by atoms with Crippen LogP contribution in [0.25, 0.3) is 22.3 Å². The monoisotopic (exact) mass is 487 g/mol. The van der Waals surface area contributed by atoms with Crippen molar-refractivity contribution in [1.82, 2.24) is 20.6 Å². The molecule has 4 N–H and O–H groups in total. The first kappa shape index (κ1) is 22.7. The van der Waals surface area contributed by atoms with Crippen molar-refractivity contribution in [2.45, 2.75) is 6.04 Å². The number of carbonyl (C=O) groups excluding carboxylic acids is 1. The van der Waals surface area contributed by atoms with Gasteiger partial charge in [0.05, 0.1) is 41.9 Å². The summed E-state index contributed by atoms with van der Waals surface area (Å²) in [4.78, 5) is 31.5. The maximum Gasteiger partial charge on any atom is 0.320 e. The van der Waals surface area contributed by atoms with Crippen LogP contribution in [0.4, 0.5) is 10.5 Å². The Hall–Kier alpha value is -5.06. The fourth-order valence-corrected chi connectivity index (χ4v) is 4.21. The fraction of sp³-hybridized carbons (Fsp3) is 0.120. The molecule has 4 aromatic rings. The molecule has 0 saturated heterocycles. The normalized spacial score (nSPS) is 15.4. The number of aromatic hydroxyl groups is 1. The average molecular weight is 487 g/mol. The predicted octanol–water partition coefficient (Wildman–Crippen LogP) is 4.12. The zero-order valence-electron chi connectivity index (χ0n) is 19.2. The number of nitrogens with zero attached hydrogens (tertiary/aromatic N) is 2. The number of ether oxygens (including phenoxy) is 2. The number of rotatable bonds is 6. The number of imidazole rings is 1. The predicted molar refractivity (Wildman–Crippen MR) is 132 cm³/mol. The molecule has 5 rings (SSSR count). The van der Waals surface area contributed by atoms with Crippen molar-refractivity contribution in [3.63, 3.8) is 0 Å². The van der Waals surface area contributed by atoms with Gasteiger partial charge in [-0.15, -0.1) is 0 Å². The lowest BCUT2D eigenvalue weighted by Gasteiger charge is -2.30. The summed E-state index contributed by atoms with van der Waals surface area (Å²) in [6, 6.07) is 15.3. The number of methoxy groups -OCH3 is 2. The highest BCUT2D eigenvalue weighted by molar-refractivity contribution is 6.03. The molecule has 11 heteroatoms. The van der Waals surface area contributed by atoms with Gasteiger partial charge in [0.1, 0.15) is 5.82 Å². The number of urea groups is 1. The summed E-state index contributed by atoms with van der Waals surface area (Å²) in [6.07, 6.45) is 0. The van der Waals surface area contributed by atoms with Gasteiger partial charge in [0.15, 0.2) is 11.5 Å². The first-order valence-electron chi connectivity index (χ1n) is 10.9. The maximum absolute atomic E-state index is 12.8. The van der Waals surface area contributed by atoms with Crippen molar-refractivity contribution < 1.29 is 24.3 Å². The summed E-state index contributed by atoms with van der Waals surface area (Å²) >= 11 is 0. The lowest BCUT2D eigenvalue weighted by atomic mass is 9.91. The number of fused-ring (bicyclic) bond motifs is 1. The molecule has 2 amide bonds. The SMILES string of the molecule is COc1cc([C@@H]2NC(=O)NC(c3ccc([N+](=O)[O-])cc3)=C2c2nc3ccccc3[nH]2)cc(OC)c1O. The number of hydrogen-bond donors (Lipinski definition) is 4. The van der Waals surface area contributed by atoms with Crippen molar-refractivity contribution in [3.8, 4) is 17.2 Å². The van der Waals surface area contributed by atoms with E-state index >= 15 is 0 Å². The summed E-state index contributed by atoms with van der Waals surface area (Å²) in [5.41, 5.74) is 3.55. The molecule has 3 aromatic carbocycles. The number of carbonyl (C=O) groups is 1. The minimum Gasteiger partial charge on any atom is -0.502 e. The Morgan fingerprint density at radius 3 is 2.31 bits per heavy atom. The molecule has 1 aliphatic heterocycles. The largest absolute Gasteiger partial charge is 0.502 e. The molecule has 1 aliphatic rings. The molecule has 36 heavy (non-hydrogen) atoms. The zero-order valence-corrected chi connectivity index (χ0v) is 19.2. The molecule has 0 unspecified atom stereocenters. The van der Waals surface area contributed by atoms with Crippen LogP contribution in [0.5, 0.6) is 17.2 Å². The van der Waals surface area contributed by atoms with E-state index in [4.69, 9.17) is 14.5 Å². The number of nitro benzene ring substituents is 1. The number of non-ortho nitro benzene ring substituents is 1. The van der Waals surface area contributed by atoms with E-state index in [-0.39, 0.29) is 22.9 Å². The molecule has 11 nitrogen and oxygen atoms in total. The Morgan fingerprint density at radius 2 is 1.69 bits per heavy atom. The summed E-state index contributed by atoms with van der Waals surface area (Å²) in [7, 11) is 2.83. The highest BCUT2D eigenvalue weighted by Gasteiger charge is 2.33. The average Bonchev–Trinajstić information content (AvgIpc) is 3.32. The third-order valence-electron chi connectivity index (χ3n) is 5.92. The Bertz CT molecular complexity index is 1470. The molecule has 1 aromatic heterocycles. The van der Waals surface area contributed by atoms with Gasteiger partial charge in [0, 0.05) is 17.7 Å². The van der Waals surface area contributed by atoms with Crippen LogP contribution in [0.2, 0.25) is 0 Å². The number of phenols is 1. The summed E-state index contributed by atoms with van der Waals surface area (Å²) in [6.45, 7) is 0. The van der Waals surface area contributed by atoms with Gasteiger partial charge in [-0.1, -0.05) is 12.1 Å². The molecule has 0 bridgehead atoms. The van der Waals surface area contributed by atoms with Crippen LogP contribution in [0.1, 0.15) is 23.0 Å². The van der Waals surface area contributed by atoms with E-state index in [1.165, 1.54) is 26.4 Å². The van der Waals surface area contributed by atoms with Gasteiger partial charge in [-0.2, -0.15) is 0 Å². The van der Waals surface area contributed by atoms with Crippen molar-refractivity contribution in [3.05, 3.63) is 87.7 Å². The number of aromatic nitrogens is 2. The summed E-state index contributed by atoms with van der Waals surface area (Å²) in [5.74, 6) is 0.637. The lowest BCUT2D eigenvalue weighted by molar-refractivity contribution is -0.384. The van der Waals surface area contributed by atoms with E-state index in [0.717, 1.165) is 11.0 Å². The number of H-pyrrole nitrogens is 1. The summed E-state index contributed by atoms with van der Waals surface area (Å²) < 4.78 is 10.6. The van der Waals surface area contributed by atoms with E-state index in [0.29, 0.717) is 28.2 Å². The quantitative estimate of drug-likeness (QED) is 0.236. The van der Waals surface area contributed by atoms with Crippen LogP contribution in [0.3, 0.4) is 0 Å². The van der Waals surface area contributed by atoms with E-state index in [9.17, 15) is 20.0 Å². The number of benzene rings is 3. The van der Waals surface area contributed by atoms with Crippen molar-refractivity contribution in [1.29, 1.82) is 0 Å². The molecule has 0 spiro atoms. The highest BCUT2D eigenvalue weighted by atomic mass is 16.6. The third kappa shape index (κ3) is 3.92. The molecule has 0 radical (unpaired) electrons. The second-order valence-corrected chi connectivity index (χ2v) is 8.00. The Morgan fingerprint density at radius 1 is 1.03 bits per heavy atom. The minimum atomic E-state index is -0.743. The third-order valence-corrected chi connectivity index (χ3v) is 5.92. The number of phenolic OH excluding ortho intramolecular Hbond substituents is 1. The smallest absolute Gasteiger partial charge is 0.320 e. The van der Waals surface area contributed by atoms with Gasteiger partial charge >= 0.3 is 6.03 Å². The molecule has 0 fully saturated rings. The molecule has 182 valence electrons. The summed E-state index contributed by atoms with van der Waals surface area (Å²) in [5, 5.41) is 27.3. The van der Waals surface area contributed by atoms with Gasteiger partial charge < -0.3 is 30.2 Å². The standard InChI is InChI=1S/C25H21N5O6/c1-35-18-11-14(12-19(36-2)23(18)31)22-20(24-26-16-5-3-4-6-17(16)27-24)21(28-25(32)29-22)13-7-9-15(10-8-13)30(33)34/h3-12,22,31H,1-2H3,(H,26,27)(H2,28,29,32)/t22-/m0/s1. The van der Waals surface area contributed by atoms with Gasteiger partial charge in [-0.3, -0.25) is 10.1 Å². The van der Waals surface area contributed by atoms with E-state index in [2.05, 4.69) is 15.6 Å². The van der Waals surface area contributed by atoms with Gasteiger partial charge in [0.25, 0.3) is 5.69 Å². The Balaban J connectivity index is 1.77. The number of amides is 2. The van der Waals surface area contributed by atoms with E-state index < -0.39 is 17.0 Å². The second-order valence-electron chi connectivity index (χ2n) is 8.00. The number of hydrogen-bond acceptors (Lipinski definition) is 7. The van der Waals surface area contributed by atoms with Crippen LogP contribution in [0, 0.1) is 10.1 Å². The number of para-hydroxylation sites is 2. The molecule has 1 atom stereocenters. The Labute approximate surface area is 204 Å². The maximum atomic E-state index is 12.8. The highest BCUT2D eigenvalue weighted by Crippen LogP contribution is 2.43. The first-order chi connectivity index (χ1) is 17.4. The second kappa shape index (κ2) is 8.95. The number of aromatic amines is 1. The van der Waals surface area contributed by atoms with Gasteiger partial charge in [-0.05, 0) is 47.5 Å². The van der Waals surface area contributed by atoms with Crippen molar-refractivity contribution in [2.24, 2.45) is 0 Å². The van der Waals surface area contributed by atoms with Gasteiger partial charge in [-0.25, -0.2) is 9.78 Å². The van der Waals surface area contributed by atoms with Crippen LogP contribution in [0.15, 0.2) is 60.7 Å². The minimum absolute atomic E-state index is 0.0746. The van der Waals surface area contributed by atoms with Crippen LogP contribution >= 0.6 is 0 Å². The molecule has 0 saturated carbocycles. The van der Waals surface area contributed by atoms with Crippen molar-refractivity contribution in [2.75, 3.05) is 14.2 Å². The molecular formula is C25H21N5O6. The van der Waals surface area contributed by atoms with E-state index in [1.54, 1.807) is 24.3 Å². The lowest BCUT2D eigenvalue weighted by Crippen LogP contribution is -2.43. The molecule has 2 heterocycles. The van der Waals surface area contributed by atoms with Crippen LogP contribution < -0.4 is 20.1 Å². The fourth-order valence-electron chi connectivity index (χ4n) is 4.21. The van der Waals surface area contributed by atoms with Crippen LogP contribution in [-0.4, -0.2) is 40.2 Å². The zero-order chi connectivity index (χ0) is 25.4. The molecular weight excluding hydrogens is 466 g/mol. The van der Waals surface area contributed by atoms with E-state index in [1.807, 2.05) is 24.3 Å².